The summed E-state index contributed by atoms with van der Waals surface area (Å²) >= 11 is 0. The Morgan fingerprint density at radius 2 is 0.558 bits per heavy atom. The van der Waals surface area contributed by atoms with Crippen LogP contribution in [0.25, 0.3) is 164 Å². The van der Waals surface area contributed by atoms with Gasteiger partial charge in [-0.15, -0.1) is 0 Å². The minimum Gasteiger partial charge on any atom is -0.456 e. The van der Waals surface area contributed by atoms with Crippen molar-refractivity contribution in [3.8, 4) is 66.8 Å². The van der Waals surface area contributed by atoms with E-state index in [-0.39, 0.29) is 0 Å². The van der Waals surface area contributed by atoms with E-state index in [0.717, 1.165) is 21.9 Å². The summed E-state index contributed by atoms with van der Waals surface area (Å²) in [4.78, 5) is 0. The van der Waals surface area contributed by atoms with E-state index in [0.29, 0.717) is 0 Å². The highest BCUT2D eigenvalue weighted by Gasteiger charge is 2.22. The molecule has 0 amide bonds. The van der Waals surface area contributed by atoms with Crippen molar-refractivity contribution in [3.05, 3.63) is 279 Å². The number of hydrogen-bond acceptors (Lipinski definition) is 1. The van der Waals surface area contributed by atoms with Gasteiger partial charge in [0.15, 0.2) is 0 Å². The van der Waals surface area contributed by atoms with E-state index in [4.69, 9.17) is 4.42 Å². The van der Waals surface area contributed by atoms with Gasteiger partial charge >= 0.3 is 0 Å². The fourth-order valence-corrected chi connectivity index (χ4v) is 13.0. The lowest BCUT2D eigenvalue weighted by molar-refractivity contribution is 0.669. The standard InChI is InChI=1S/C76H46O/c1-2-17-50-46-55(39-34-47(50)16-1)73-62-22-5-3-20-60(62)72(61-21-4-6-23-63(61)73)49-37-35-48(36-38-49)56-29-13-18-53-44-51(40-42-57(53)56)52-41-43-58-54(45-52)19-14-30-59(58)74-64-24-7-9-26-66(64)75(67-27-10-8-25-65(67)74)69-31-15-33-71-76(69)68-28-11-12-32-70(68)77-71/h1-46H. The second-order valence-electron chi connectivity index (χ2n) is 20.6. The molecule has 16 aromatic rings. The van der Waals surface area contributed by atoms with Crippen LogP contribution in [0.4, 0.5) is 0 Å². The summed E-state index contributed by atoms with van der Waals surface area (Å²) in [6.45, 7) is 0. The maximum absolute atomic E-state index is 6.42. The van der Waals surface area contributed by atoms with Crippen LogP contribution in [0.15, 0.2) is 283 Å². The largest absolute Gasteiger partial charge is 0.456 e. The Morgan fingerprint density at radius 3 is 1.16 bits per heavy atom. The molecular formula is C76H46O. The minimum atomic E-state index is 0.905. The van der Waals surface area contributed by atoms with Gasteiger partial charge < -0.3 is 4.42 Å². The zero-order valence-corrected chi connectivity index (χ0v) is 42.0. The third-order valence-corrected chi connectivity index (χ3v) is 16.4. The lowest BCUT2D eigenvalue weighted by Crippen LogP contribution is -1.92. The number of rotatable bonds is 6. The summed E-state index contributed by atoms with van der Waals surface area (Å²) < 4.78 is 6.42. The lowest BCUT2D eigenvalue weighted by atomic mass is 9.83. The average Bonchev–Trinajstić information content (AvgIpc) is 3.95. The monoisotopic (exact) mass is 974 g/mol. The fraction of sp³-hybridized carbons (Fsp3) is 0. The summed E-state index contributed by atoms with van der Waals surface area (Å²) in [6, 6.07) is 103. The van der Waals surface area contributed by atoms with E-state index in [1.807, 2.05) is 6.07 Å². The predicted molar refractivity (Wildman–Crippen MR) is 329 cm³/mol. The van der Waals surface area contributed by atoms with Crippen LogP contribution in [0.1, 0.15) is 0 Å². The maximum atomic E-state index is 6.42. The molecule has 0 unspecified atom stereocenters. The molecule has 0 saturated heterocycles. The molecular weight excluding hydrogens is 929 g/mol. The third kappa shape index (κ3) is 6.81. The van der Waals surface area contributed by atoms with E-state index in [9.17, 15) is 0 Å². The number of fused-ring (bicyclic) bond motifs is 10. The van der Waals surface area contributed by atoms with Crippen LogP contribution in [0.3, 0.4) is 0 Å². The third-order valence-electron chi connectivity index (χ3n) is 16.4. The van der Waals surface area contributed by atoms with Crippen molar-refractivity contribution in [2.75, 3.05) is 0 Å². The molecule has 15 aromatic carbocycles. The van der Waals surface area contributed by atoms with Gasteiger partial charge in [0, 0.05) is 10.8 Å². The second kappa shape index (κ2) is 17.2. The number of furan rings is 1. The molecule has 356 valence electrons. The normalized spacial score (nSPS) is 11.9. The molecule has 0 aliphatic rings. The van der Waals surface area contributed by atoms with Crippen LogP contribution in [0, 0.1) is 0 Å². The molecule has 1 aromatic heterocycles. The van der Waals surface area contributed by atoms with Crippen molar-refractivity contribution in [2.24, 2.45) is 0 Å². The lowest BCUT2D eigenvalue weighted by Gasteiger charge is -2.19. The molecule has 16 rings (SSSR count). The Labute approximate surface area is 445 Å². The molecule has 0 atom stereocenters. The molecule has 0 spiro atoms. The molecule has 0 aliphatic heterocycles. The van der Waals surface area contributed by atoms with E-state index < -0.39 is 0 Å². The topological polar surface area (TPSA) is 13.1 Å². The Morgan fingerprint density at radius 1 is 0.182 bits per heavy atom. The predicted octanol–water partition coefficient (Wildman–Crippen LogP) is 21.7. The number of hydrogen-bond donors (Lipinski definition) is 0. The van der Waals surface area contributed by atoms with Gasteiger partial charge in [-0.05, 0) is 173 Å². The van der Waals surface area contributed by atoms with Gasteiger partial charge in [-0.2, -0.15) is 0 Å². The summed E-state index contributed by atoms with van der Waals surface area (Å²) in [5.74, 6) is 0. The molecule has 1 nitrogen and oxygen atoms in total. The quantitative estimate of drug-likeness (QED) is 0.151. The van der Waals surface area contributed by atoms with Crippen LogP contribution in [0.2, 0.25) is 0 Å². The zero-order valence-electron chi connectivity index (χ0n) is 42.0. The molecule has 0 radical (unpaired) electrons. The van der Waals surface area contributed by atoms with E-state index in [1.54, 1.807) is 0 Å². The summed E-state index contributed by atoms with van der Waals surface area (Å²) in [5, 5.41) is 19.7. The van der Waals surface area contributed by atoms with Crippen LogP contribution < -0.4 is 0 Å². The Hall–Kier alpha value is -10.1. The first kappa shape index (κ1) is 43.3. The summed E-state index contributed by atoms with van der Waals surface area (Å²) in [7, 11) is 0. The second-order valence-corrected chi connectivity index (χ2v) is 20.6. The molecule has 1 heteroatoms. The van der Waals surface area contributed by atoms with Crippen LogP contribution >= 0.6 is 0 Å². The maximum Gasteiger partial charge on any atom is 0.136 e. The van der Waals surface area contributed by atoms with E-state index >= 15 is 0 Å². The van der Waals surface area contributed by atoms with Crippen molar-refractivity contribution < 1.29 is 4.42 Å². The van der Waals surface area contributed by atoms with Gasteiger partial charge in [-0.3, -0.25) is 0 Å². The van der Waals surface area contributed by atoms with E-state index in [1.165, 1.54) is 142 Å². The average molecular weight is 975 g/mol. The van der Waals surface area contributed by atoms with Crippen molar-refractivity contribution in [2.45, 2.75) is 0 Å². The van der Waals surface area contributed by atoms with Crippen molar-refractivity contribution >= 4 is 97.3 Å². The first-order valence-electron chi connectivity index (χ1n) is 26.6. The first-order chi connectivity index (χ1) is 38.2. The number of para-hydroxylation sites is 1. The summed E-state index contributed by atoms with van der Waals surface area (Å²) in [6.07, 6.45) is 0. The highest BCUT2D eigenvalue weighted by molar-refractivity contribution is 6.27. The van der Waals surface area contributed by atoms with Gasteiger partial charge in [0.25, 0.3) is 0 Å². The van der Waals surface area contributed by atoms with Gasteiger partial charge in [-0.1, -0.05) is 249 Å². The molecule has 1 heterocycles. The number of benzene rings is 15. The van der Waals surface area contributed by atoms with Crippen LogP contribution in [-0.2, 0) is 0 Å². The smallest absolute Gasteiger partial charge is 0.136 e. The molecule has 0 bridgehead atoms. The van der Waals surface area contributed by atoms with Gasteiger partial charge in [-0.25, -0.2) is 0 Å². The highest BCUT2D eigenvalue weighted by Crippen LogP contribution is 2.49. The van der Waals surface area contributed by atoms with E-state index in [2.05, 4.69) is 273 Å². The molecule has 0 N–H and O–H groups in total. The van der Waals surface area contributed by atoms with Crippen molar-refractivity contribution in [3.63, 3.8) is 0 Å². The van der Waals surface area contributed by atoms with Crippen molar-refractivity contribution in [1.82, 2.24) is 0 Å². The minimum absolute atomic E-state index is 0.905. The molecule has 0 fully saturated rings. The zero-order chi connectivity index (χ0) is 50.6. The molecule has 0 saturated carbocycles. The Balaban J connectivity index is 0.768. The highest BCUT2D eigenvalue weighted by atomic mass is 16.3. The van der Waals surface area contributed by atoms with Crippen LogP contribution in [0.5, 0.6) is 0 Å². The molecule has 77 heavy (non-hydrogen) atoms. The SMILES string of the molecule is c1ccc2cc(-c3c4ccccc4c(-c4ccc(-c5cccc6cc(-c7ccc8c(-c9c%10ccccc%10c(-c%10cccc%11oc%12ccccc%12c%10%11)c%10ccccc9%10)cccc8c7)ccc56)cc4)c4ccccc34)ccc2c1. The Bertz CT molecular complexity index is 4980. The van der Waals surface area contributed by atoms with Gasteiger partial charge in [0.1, 0.15) is 11.2 Å². The van der Waals surface area contributed by atoms with Gasteiger partial charge in [0.05, 0.1) is 0 Å². The Kier molecular flexibility index (Phi) is 9.71. The van der Waals surface area contributed by atoms with Crippen LogP contribution in [-0.4, -0.2) is 0 Å². The van der Waals surface area contributed by atoms with Gasteiger partial charge in [0.2, 0.25) is 0 Å². The van der Waals surface area contributed by atoms with Crippen molar-refractivity contribution in [1.29, 1.82) is 0 Å². The fourth-order valence-electron chi connectivity index (χ4n) is 13.0. The first-order valence-corrected chi connectivity index (χ1v) is 26.6. The molecule has 0 aliphatic carbocycles. The summed E-state index contributed by atoms with van der Waals surface area (Å²) in [5.41, 5.74) is 16.5.